The molecule has 0 aromatic heterocycles. The Morgan fingerprint density at radius 1 is 1.18 bits per heavy atom. The van der Waals surface area contributed by atoms with E-state index < -0.39 is 0 Å². The molecule has 0 amide bonds. The molecular formula is C9H9BO. The lowest BCUT2D eigenvalue weighted by molar-refractivity contribution is 0.469. The summed E-state index contributed by atoms with van der Waals surface area (Å²) in [7, 11) is 5.73. The van der Waals surface area contributed by atoms with E-state index >= 15 is 0 Å². The molecular weight excluding hydrogens is 135 g/mol. The molecule has 0 saturated heterocycles. The van der Waals surface area contributed by atoms with Crippen LogP contribution in [0, 0.1) is 0 Å². The van der Waals surface area contributed by atoms with E-state index in [9.17, 15) is 5.11 Å². The molecule has 1 nitrogen and oxygen atoms in total. The van der Waals surface area contributed by atoms with Crippen LogP contribution in [0.1, 0.15) is 17.5 Å². The van der Waals surface area contributed by atoms with Gasteiger partial charge in [-0.3, -0.25) is 0 Å². The molecule has 0 heterocycles. The Hall–Kier alpha value is -0.915. The van der Waals surface area contributed by atoms with Crippen LogP contribution in [0.5, 0.6) is 5.75 Å². The highest BCUT2D eigenvalue weighted by Gasteiger charge is 2.15. The monoisotopic (exact) mass is 144 g/mol. The van der Waals surface area contributed by atoms with Gasteiger partial charge in [0.1, 0.15) is 13.6 Å². The third-order valence-corrected chi connectivity index (χ3v) is 2.30. The van der Waals surface area contributed by atoms with Crippen molar-refractivity contribution < 1.29 is 5.11 Å². The first-order valence-electron chi connectivity index (χ1n) is 3.88. The minimum absolute atomic E-state index is 0.409. The third-order valence-electron chi connectivity index (χ3n) is 2.30. The van der Waals surface area contributed by atoms with E-state index in [0.29, 0.717) is 5.75 Å². The highest BCUT2D eigenvalue weighted by Crippen LogP contribution is 2.27. The number of phenolic OH excluding ortho intramolecular Hbond substituents is 1. The summed E-state index contributed by atoms with van der Waals surface area (Å²) in [6.07, 6.45) is 3.12. The summed E-state index contributed by atoms with van der Waals surface area (Å²) in [4.78, 5) is 0. The molecule has 0 bridgehead atoms. The van der Waals surface area contributed by atoms with Crippen molar-refractivity contribution in [3.05, 3.63) is 23.3 Å². The summed E-state index contributed by atoms with van der Waals surface area (Å²) in [6.45, 7) is 0. The fourth-order valence-corrected chi connectivity index (χ4v) is 1.71. The Balaban J connectivity index is 2.64. The van der Waals surface area contributed by atoms with Crippen molar-refractivity contribution in [2.75, 3.05) is 0 Å². The van der Waals surface area contributed by atoms with Gasteiger partial charge < -0.3 is 5.11 Å². The smallest absolute Gasteiger partial charge is 0.118 e. The second-order valence-electron chi connectivity index (χ2n) is 2.98. The minimum Gasteiger partial charge on any atom is -0.508 e. The molecule has 1 aliphatic carbocycles. The number of benzene rings is 1. The van der Waals surface area contributed by atoms with Gasteiger partial charge in [-0.05, 0) is 36.5 Å². The summed E-state index contributed by atoms with van der Waals surface area (Å²) in [5.41, 5.74) is 3.05. The molecule has 0 atom stereocenters. The average Bonchev–Trinajstić information content (AvgIpc) is 2.45. The lowest BCUT2D eigenvalue weighted by atomic mass is 9.88. The van der Waals surface area contributed by atoms with E-state index in [-0.39, 0.29) is 0 Å². The summed E-state index contributed by atoms with van der Waals surface area (Å²) in [5, 5.41) is 9.40. The van der Waals surface area contributed by atoms with Crippen LogP contribution in [0.4, 0.5) is 0 Å². The molecule has 0 saturated carbocycles. The second-order valence-corrected chi connectivity index (χ2v) is 2.98. The van der Waals surface area contributed by atoms with Crippen molar-refractivity contribution in [1.82, 2.24) is 0 Å². The van der Waals surface area contributed by atoms with Gasteiger partial charge in [0.15, 0.2) is 0 Å². The number of rotatable bonds is 0. The van der Waals surface area contributed by atoms with Crippen LogP contribution in [0.3, 0.4) is 0 Å². The predicted molar refractivity (Wildman–Crippen MR) is 45.5 cm³/mol. The van der Waals surface area contributed by atoms with Gasteiger partial charge in [0.05, 0.1) is 0 Å². The molecule has 0 aliphatic heterocycles. The van der Waals surface area contributed by atoms with Gasteiger partial charge in [-0.15, -0.1) is 0 Å². The van der Waals surface area contributed by atoms with Gasteiger partial charge in [0.2, 0.25) is 0 Å². The average molecular weight is 144 g/mol. The molecule has 1 aromatic carbocycles. The van der Waals surface area contributed by atoms with Crippen molar-refractivity contribution >= 4 is 13.3 Å². The topological polar surface area (TPSA) is 20.2 Å². The summed E-state index contributed by atoms with van der Waals surface area (Å²) in [6, 6.07) is 3.46. The normalized spacial score (nSPS) is 14.9. The minimum atomic E-state index is 0.409. The van der Waals surface area contributed by atoms with Crippen LogP contribution in [0.25, 0.3) is 0 Å². The van der Waals surface area contributed by atoms with Crippen molar-refractivity contribution in [1.29, 1.82) is 0 Å². The maximum Gasteiger partial charge on any atom is 0.118 e. The van der Waals surface area contributed by atoms with Gasteiger partial charge in [-0.25, -0.2) is 0 Å². The highest BCUT2D eigenvalue weighted by atomic mass is 16.3. The maximum atomic E-state index is 9.40. The Kier molecular flexibility index (Phi) is 1.41. The van der Waals surface area contributed by atoms with Crippen molar-refractivity contribution in [3.8, 4) is 5.75 Å². The number of phenols is 1. The predicted octanol–water partition coefficient (Wildman–Crippen LogP) is 0.675. The van der Waals surface area contributed by atoms with Crippen LogP contribution >= 0.6 is 0 Å². The van der Waals surface area contributed by atoms with Crippen LogP contribution < -0.4 is 5.46 Å². The van der Waals surface area contributed by atoms with Crippen molar-refractivity contribution in [2.24, 2.45) is 0 Å². The first kappa shape index (κ1) is 6.77. The Bertz CT molecular complexity index is 265. The molecule has 2 rings (SSSR count). The Morgan fingerprint density at radius 2 is 1.91 bits per heavy atom. The van der Waals surface area contributed by atoms with Crippen molar-refractivity contribution in [3.63, 3.8) is 0 Å². The second kappa shape index (κ2) is 2.30. The molecule has 2 radical (unpaired) electrons. The van der Waals surface area contributed by atoms with E-state index in [1.807, 2.05) is 0 Å². The van der Waals surface area contributed by atoms with Crippen LogP contribution in [0.15, 0.2) is 12.1 Å². The molecule has 0 unspecified atom stereocenters. The number of hydrogen-bond donors (Lipinski definition) is 1. The first-order valence-corrected chi connectivity index (χ1v) is 3.88. The lowest BCUT2D eigenvalue weighted by Gasteiger charge is -2.05. The van der Waals surface area contributed by atoms with E-state index in [1.54, 1.807) is 12.1 Å². The molecule has 1 aromatic rings. The molecule has 0 spiro atoms. The Morgan fingerprint density at radius 3 is 2.64 bits per heavy atom. The largest absolute Gasteiger partial charge is 0.508 e. The molecule has 54 valence electrons. The summed E-state index contributed by atoms with van der Waals surface area (Å²) < 4.78 is 0. The van der Waals surface area contributed by atoms with Crippen LogP contribution in [-0.4, -0.2) is 13.0 Å². The first-order chi connectivity index (χ1) is 5.29. The van der Waals surface area contributed by atoms with E-state index in [4.69, 9.17) is 7.85 Å². The fraction of sp³-hybridized carbons (Fsp3) is 0.333. The zero-order valence-corrected chi connectivity index (χ0v) is 6.30. The standard InChI is InChI=1S/C9H9BO/c10-8-4-5-9(11)7-3-1-2-6(7)8/h4-5,11H,1-3H2. The summed E-state index contributed by atoms with van der Waals surface area (Å²) >= 11 is 0. The summed E-state index contributed by atoms with van der Waals surface area (Å²) in [5.74, 6) is 0.409. The van der Waals surface area contributed by atoms with Gasteiger partial charge in [0.25, 0.3) is 0 Å². The number of hydrogen-bond acceptors (Lipinski definition) is 1. The van der Waals surface area contributed by atoms with E-state index in [0.717, 1.165) is 35.9 Å². The third kappa shape index (κ3) is 0.935. The van der Waals surface area contributed by atoms with Crippen molar-refractivity contribution in [2.45, 2.75) is 19.3 Å². The molecule has 2 heteroatoms. The number of aromatic hydroxyl groups is 1. The fourth-order valence-electron chi connectivity index (χ4n) is 1.71. The molecule has 1 aliphatic rings. The maximum absolute atomic E-state index is 9.40. The van der Waals surface area contributed by atoms with Crippen LogP contribution in [-0.2, 0) is 12.8 Å². The number of fused-ring (bicyclic) bond motifs is 1. The Labute approximate surface area is 67.5 Å². The zero-order chi connectivity index (χ0) is 7.84. The van der Waals surface area contributed by atoms with Gasteiger partial charge in [-0.2, -0.15) is 0 Å². The van der Waals surface area contributed by atoms with E-state index in [2.05, 4.69) is 0 Å². The quantitative estimate of drug-likeness (QED) is 0.530. The van der Waals surface area contributed by atoms with Gasteiger partial charge >= 0.3 is 0 Å². The molecule has 0 fully saturated rings. The van der Waals surface area contributed by atoms with E-state index in [1.165, 1.54) is 0 Å². The molecule has 1 N–H and O–H groups in total. The zero-order valence-electron chi connectivity index (χ0n) is 6.30. The highest BCUT2D eigenvalue weighted by molar-refractivity contribution is 6.33. The molecule has 11 heavy (non-hydrogen) atoms. The SMILES string of the molecule is [B]c1ccc(O)c2c1CCC2. The van der Waals surface area contributed by atoms with Gasteiger partial charge in [0, 0.05) is 0 Å². The van der Waals surface area contributed by atoms with Crippen LogP contribution in [0.2, 0.25) is 0 Å². The van der Waals surface area contributed by atoms with Gasteiger partial charge in [-0.1, -0.05) is 11.5 Å². The lowest BCUT2D eigenvalue weighted by Crippen LogP contribution is -2.08.